The molecule has 0 saturated carbocycles. The number of esters is 1. The maximum Gasteiger partial charge on any atom is 0.324 e. The second-order valence-electron chi connectivity index (χ2n) is 4.99. The SMILES string of the molecule is C[C@H](NS(=O)(=O)/C=C/c1ccccc1)C(=O)OCC(=O)N(C)C. The Kier molecular flexibility index (Phi) is 6.92. The number of likely N-dealkylation sites (N-methyl/N-ethyl adjacent to an activating group) is 1. The van der Waals surface area contributed by atoms with Crippen molar-refractivity contribution in [1.82, 2.24) is 9.62 Å². The van der Waals surface area contributed by atoms with Gasteiger partial charge in [0, 0.05) is 19.5 Å². The van der Waals surface area contributed by atoms with Gasteiger partial charge in [0.25, 0.3) is 5.91 Å². The zero-order valence-electron chi connectivity index (χ0n) is 13.2. The van der Waals surface area contributed by atoms with Crippen molar-refractivity contribution in [3.63, 3.8) is 0 Å². The maximum atomic E-state index is 11.9. The Labute approximate surface area is 136 Å². The molecule has 0 bridgehead atoms. The highest BCUT2D eigenvalue weighted by Crippen LogP contribution is 2.03. The van der Waals surface area contributed by atoms with Gasteiger partial charge in [0.15, 0.2) is 6.61 Å². The van der Waals surface area contributed by atoms with Crippen LogP contribution >= 0.6 is 0 Å². The molecule has 1 atom stereocenters. The Morgan fingerprint density at radius 2 is 1.87 bits per heavy atom. The number of ether oxygens (including phenoxy) is 1. The highest BCUT2D eigenvalue weighted by atomic mass is 32.2. The summed E-state index contributed by atoms with van der Waals surface area (Å²) in [6.45, 7) is 0.911. The first-order chi connectivity index (χ1) is 10.7. The number of carbonyl (C=O) groups is 2. The minimum Gasteiger partial charge on any atom is -0.454 e. The van der Waals surface area contributed by atoms with E-state index in [2.05, 4.69) is 4.72 Å². The first-order valence-electron chi connectivity index (χ1n) is 6.83. The molecular weight excluding hydrogens is 320 g/mol. The van der Waals surface area contributed by atoms with Gasteiger partial charge in [0.2, 0.25) is 10.0 Å². The molecule has 0 aliphatic carbocycles. The van der Waals surface area contributed by atoms with Crippen molar-refractivity contribution < 1.29 is 22.7 Å². The molecule has 0 aliphatic heterocycles. The van der Waals surface area contributed by atoms with Gasteiger partial charge in [-0.05, 0) is 18.6 Å². The van der Waals surface area contributed by atoms with Gasteiger partial charge in [-0.15, -0.1) is 0 Å². The van der Waals surface area contributed by atoms with Crippen LogP contribution in [0.15, 0.2) is 35.7 Å². The van der Waals surface area contributed by atoms with Crippen LogP contribution in [0.25, 0.3) is 6.08 Å². The van der Waals surface area contributed by atoms with Crippen molar-refractivity contribution in [2.45, 2.75) is 13.0 Å². The van der Waals surface area contributed by atoms with Crippen molar-refractivity contribution in [3.8, 4) is 0 Å². The third-order valence-electron chi connectivity index (χ3n) is 2.77. The van der Waals surface area contributed by atoms with Crippen LogP contribution in [0.5, 0.6) is 0 Å². The van der Waals surface area contributed by atoms with Gasteiger partial charge in [-0.3, -0.25) is 9.59 Å². The maximum absolute atomic E-state index is 11.9. The third kappa shape index (κ3) is 7.07. The largest absolute Gasteiger partial charge is 0.454 e. The topological polar surface area (TPSA) is 92.8 Å². The van der Waals surface area contributed by atoms with Gasteiger partial charge in [0.1, 0.15) is 6.04 Å². The zero-order chi connectivity index (χ0) is 17.5. The minimum absolute atomic E-state index is 0.391. The second-order valence-corrected chi connectivity index (χ2v) is 6.59. The van der Waals surface area contributed by atoms with Crippen LogP contribution in [-0.4, -0.2) is 51.9 Å². The normalized spacial score (nSPS) is 12.8. The van der Waals surface area contributed by atoms with E-state index in [9.17, 15) is 18.0 Å². The van der Waals surface area contributed by atoms with Crippen molar-refractivity contribution in [3.05, 3.63) is 41.3 Å². The van der Waals surface area contributed by atoms with E-state index in [4.69, 9.17) is 4.74 Å². The first-order valence-corrected chi connectivity index (χ1v) is 8.38. The summed E-state index contributed by atoms with van der Waals surface area (Å²) in [5.41, 5.74) is 0.713. The summed E-state index contributed by atoms with van der Waals surface area (Å²) in [5, 5.41) is 0.969. The van der Waals surface area contributed by atoms with Crippen LogP contribution in [0.4, 0.5) is 0 Å². The number of sulfonamides is 1. The first kappa shape index (κ1) is 18.9. The lowest BCUT2D eigenvalue weighted by Crippen LogP contribution is -2.40. The van der Waals surface area contributed by atoms with Crippen molar-refractivity contribution >= 4 is 28.0 Å². The van der Waals surface area contributed by atoms with E-state index in [1.807, 2.05) is 6.07 Å². The van der Waals surface area contributed by atoms with E-state index in [-0.39, 0.29) is 0 Å². The molecule has 0 fully saturated rings. The molecule has 0 heterocycles. The van der Waals surface area contributed by atoms with Gasteiger partial charge in [-0.1, -0.05) is 30.3 Å². The number of carbonyl (C=O) groups excluding carboxylic acids is 2. The van der Waals surface area contributed by atoms with Gasteiger partial charge in [-0.2, -0.15) is 4.72 Å². The van der Waals surface area contributed by atoms with Gasteiger partial charge in [-0.25, -0.2) is 8.42 Å². The average molecular weight is 340 g/mol. The molecule has 0 spiro atoms. The van der Waals surface area contributed by atoms with Crippen LogP contribution in [0.3, 0.4) is 0 Å². The van der Waals surface area contributed by atoms with E-state index >= 15 is 0 Å². The molecule has 1 rings (SSSR count). The molecule has 1 aromatic rings. The third-order valence-corrected chi connectivity index (χ3v) is 3.95. The molecule has 0 aliphatic rings. The molecule has 1 aromatic carbocycles. The highest BCUT2D eigenvalue weighted by Gasteiger charge is 2.20. The van der Waals surface area contributed by atoms with Gasteiger partial charge in [0.05, 0.1) is 0 Å². The van der Waals surface area contributed by atoms with Crippen molar-refractivity contribution in [2.75, 3.05) is 20.7 Å². The molecule has 7 nitrogen and oxygen atoms in total. The summed E-state index contributed by atoms with van der Waals surface area (Å²) in [6.07, 6.45) is 1.41. The van der Waals surface area contributed by atoms with Crippen LogP contribution in [0.1, 0.15) is 12.5 Å². The molecule has 0 unspecified atom stereocenters. The summed E-state index contributed by atoms with van der Waals surface area (Å²) in [6, 6.07) is 7.77. The fourth-order valence-electron chi connectivity index (χ4n) is 1.45. The monoisotopic (exact) mass is 340 g/mol. The lowest BCUT2D eigenvalue weighted by Gasteiger charge is -2.14. The lowest BCUT2D eigenvalue weighted by atomic mass is 10.2. The van der Waals surface area contributed by atoms with Crippen LogP contribution in [0.2, 0.25) is 0 Å². The number of hydrogen-bond acceptors (Lipinski definition) is 5. The number of nitrogens with zero attached hydrogens (tertiary/aromatic N) is 1. The molecule has 8 heteroatoms. The highest BCUT2D eigenvalue weighted by molar-refractivity contribution is 7.92. The molecule has 1 amide bonds. The Morgan fingerprint density at radius 3 is 2.43 bits per heavy atom. The van der Waals surface area contributed by atoms with E-state index < -0.39 is 34.5 Å². The lowest BCUT2D eigenvalue weighted by molar-refractivity contribution is -0.152. The van der Waals surface area contributed by atoms with E-state index in [0.29, 0.717) is 5.56 Å². The van der Waals surface area contributed by atoms with Gasteiger partial charge >= 0.3 is 5.97 Å². The Bertz CT molecular complexity index is 668. The number of nitrogens with one attached hydrogen (secondary N) is 1. The molecule has 23 heavy (non-hydrogen) atoms. The van der Waals surface area contributed by atoms with E-state index in [1.165, 1.54) is 32.0 Å². The fraction of sp³-hybridized carbons (Fsp3) is 0.333. The summed E-state index contributed by atoms with van der Waals surface area (Å²) >= 11 is 0. The fourth-order valence-corrected chi connectivity index (χ4v) is 2.46. The van der Waals surface area contributed by atoms with Crippen LogP contribution in [-0.2, 0) is 24.3 Å². The molecule has 0 aromatic heterocycles. The quantitative estimate of drug-likeness (QED) is 0.734. The minimum atomic E-state index is -3.81. The Hall–Kier alpha value is -2.19. The molecular formula is C15H20N2O5S. The van der Waals surface area contributed by atoms with Crippen molar-refractivity contribution in [1.29, 1.82) is 0 Å². The number of benzene rings is 1. The van der Waals surface area contributed by atoms with E-state index in [1.54, 1.807) is 24.3 Å². The van der Waals surface area contributed by atoms with Crippen LogP contribution in [0, 0.1) is 0 Å². The van der Waals surface area contributed by atoms with Gasteiger partial charge < -0.3 is 9.64 Å². The predicted octanol–water partition coefficient (Wildman–Crippen LogP) is 0.597. The summed E-state index contributed by atoms with van der Waals surface area (Å²) in [5.74, 6) is -1.21. The molecule has 126 valence electrons. The molecule has 0 radical (unpaired) electrons. The number of hydrogen-bond donors (Lipinski definition) is 1. The smallest absolute Gasteiger partial charge is 0.324 e. The zero-order valence-corrected chi connectivity index (χ0v) is 14.0. The predicted molar refractivity (Wildman–Crippen MR) is 86.6 cm³/mol. The second kappa shape index (κ2) is 8.44. The number of rotatable bonds is 7. The van der Waals surface area contributed by atoms with Crippen molar-refractivity contribution in [2.24, 2.45) is 0 Å². The standard InChI is InChI=1S/C15H20N2O5S/c1-12(15(19)22-11-14(18)17(2)3)16-23(20,21)10-9-13-7-5-4-6-8-13/h4-10,12,16H,11H2,1-3H3/b10-9+/t12-/m0/s1. The molecule has 0 saturated heterocycles. The average Bonchev–Trinajstić information content (AvgIpc) is 2.50. The Balaban J connectivity index is 2.57. The summed E-state index contributed by atoms with van der Waals surface area (Å²) in [7, 11) is -0.757. The van der Waals surface area contributed by atoms with Crippen LogP contribution < -0.4 is 4.72 Å². The summed E-state index contributed by atoms with van der Waals surface area (Å²) in [4.78, 5) is 24.3. The van der Waals surface area contributed by atoms with E-state index in [0.717, 1.165) is 5.41 Å². The number of amides is 1. The summed E-state index contributed by atoms with van der Waals surface area (Å²) < 4.78 is 30.7. The molecule has 1 N–H and O–H groups in total. The Morgan fingerprint density at radius 1 is 1.26 bits per heavy atom.